The number of hydrogen-bond acceptors (Lipinski definition) is 6. The van der Waals surface area contributed by atoms with Crippen LogP contribution in [0.2, 0.25) is 0 Å². The van der Waals surface area contributed by atoms with Crippen molar-refractivity contribution >= 4 is 33.4 Å². The minimum Gasteiger partial charge on any atom is -0.496 e. The van der Waals surface area contributed by atoms with E-state index in [4.69, 9.17) is 14.2 Å². The van der Waals surface area contributed by atoms with E-state index in [2.05, 4.69) is 4.98 Å². The number of methoxy groups -OCH3 is 3. The van der Waals surface area contributed by atoms with Gasteiger partial charge in [-0.1, -0.05) is 11.3 Å². The van der Waals surface area contributed by atoms with E-state index in [1.54, 1.807) is 43.9 Å². The first-order valence-corrected chi connectivity index (χ1v) is 9.52. The van der Waals surface area contributed by atoms with Gasteiger partial charge in [0.2, 0.25) is 0 Å². The molecule has 28 heavy (non-hydrogen) atoms. The molecular weight excluding hydrogens is 376 g/mol. The molecule has 2 aromatic carbocycles. The maximum atomic E-state index is 13.1. The van der Waals surface area contributed by atoms with Crippen LogP contribution in [0.25, 0.3) is 22.1 Å². The number of thiazole rings is 1. The zero-order valence-electron chi connectivity index (χ0n) is 16.3. The van der Waals surface area contributed by atoms with Crippen LogP contribution in [0.4, 0.5) is 0 Å². The van der Waals surface area contributed by atoms with Crippen molar-refractivity contribution in [2.24, 2.45) is 0 Å². The van der Waals surface area contributed by atoms with Gasteiger partial charge in [0.15, 0.2) is 16.5 Å². The number of ether oxygens (including phenoxy) is 3. The summed E-state index contributed by atoms with van der Waals surface area (Å²) >= 11 is 1.35. The van der Waals surface area contributed by atoms with Crippen LogP contribution >= 0.6 is 11.3 Å². The van der Waals surface area contributed by atoms with Crippen LogP contribution in [0.5, 0.6) is 17.2 Å². The Bertz CT molecular complexity index is 1320. The molecule has 0 aliphatic carbocycles. The van der Waals surface area contributed by atoms with Crippen molar-refractivity contribution in [1.29, 1.82) is 0 Å². The van der Waals surface area contributed by atoms with Crippen LogP contribution in [0, 0.1) is 13.8 Å². The Morgan fingerprint density at radius 1 is 0.929 bits per heavy atom. The summed E-state index contributed by atoms with van der Waals surface area (Å²) in [5, 5.41) is 0. The van der Waals surface area contributed by atoms with Gasteiger partial charge < -0.3 is 14.2 Å². The van der Waals surface area contributed by atoms with E-state index in [1.165, 1.54) is 11.3 Å². The standard InChI is InChI=1S/C21H20N2O4S/c1-11-6-14-15(7-12(11)2)23-20(24)19(28-21(23)22-14)9-13-8-17(26-4)18(27-5)10-16(13)25-3/h6-10H,1-5H3/b19-9-. The van der Waals surface area contributed by atoms with Crippen molar-refractivity contribution in [2.45, 2.75) is 13.8 Å². The molecule has 4 aromatic rings. The Morgan fingerprint density at radius 2 is 1.57 bits per heavy atom. The van der Waals surface area contributed by atoms with Crippen molar-refractivity contribution in [2.75, 3.05) is 21.3 Å². The van der Waals surface area contributed by atoms with Gasteiger partial charge in [-0.05, 0) is 49.2 Å². The van der Waals surface area contributed by atoms with Gasteiger partial charge in [0.1, 0.15) is 5.75 Å². The molecule has 0 N–H and O–H groups in total. The Hall–Kier alpha value is -3.06. The van der Waals surface area contributed by atoms with Gasteiger partial charge in [0, 0.05) is 11.6 Å². The molecule has 0 radical (unpaired) electrons. The summed E-state index contributed by atoms with van der Waals surface area (Å²) in [6, 6.07) is 7.57. The number of aromatic nitrogens is 2. The average molecular weight is 396 g/mol. The predicted molar refractivity (Wildman–Crippen MR) is 111 cm³/mol. The number of fused-ring (bicyclic) bond motifs is 3. The van der Waals surface area contributed by atoms with Crippen LogP contribution in [-0.2, 0) is 0 Å². The summed E-state index contributed by atoms with van der Waals surface area (Å²) < 4.78 is 18.4. The molecule has 0 aliphatic heterocycles. The zero-order valence-corrected chi connectivity index (χ0v) is 17.1. The smallest absolute Gasteiger partial charge is 0.274 e. The van der Waals surface area contributed by atoms with Crippen LogP contribution in [-0.4, -0.2) is 30.7 Å². The second-order valence-corrected chi connectivity index (χ2v) is 7.53. The van der Waals surface area contributed by atoms with Crippen LogP contribution in [0.1, 0.15) is 16.7 Å². The number of imidazole rings is 1. The molecule has 0 amide bonds. The zero-order chi connectivity index (χ0) is 20.0. The average Bonchev–Trinajstić information content (AvgIpc) is 3.18. The first kappa shape index (κ1) is 18.3. The monoisotopic (exact) mass is 396 g/mol. The summed E-state index contributed by atoms with van der Waals surface area (Å²) in [5.41, 5.74) is 4.60. The van der Waals surface area contributed by atoms with Gasteiger partial charge in [-0.25, -0.2) is 9.38 Å². The minimum absolute atomic E-state index is 0.0948. The van der Waals surface area contributed by atoms with E-state index in [1.807, 2.05) is 26.0 Å². The Labute approximate surface area is 165 Å². The lowest BCUT2D eigenvalue weighted by atomic mass is 10.1. The lowest BCUT2D eigenvalue weighted by Gasteiger charge is -2.11. The highest BCUT2D eigenvalue weighted by Crippen LogP contribution is 2.35. The number of hydrogen-bond donors (Lipinski definition) is 0. The van der Waals surface area contributed by atoms with Gasteiger partial charge in [-0.3, -0.25) is 4.79 Å². The number of benzene rings is 2. The first-order valence-electron chi connectivity index (χ1n) is 8.70. The van der Waals surface area contributed by atoms with Gasteiger partial charge in [-0.2, -0.15) is 0 Å². The molecule has 0 fully saturated rings. The van der Waals surface area contributed by atoms with E-state index >= 15 is 0 Å². The van der Waals surface area contributed by atoms with E-state index in [0.29, 0.717) is 26.7 Å². The van der Waals surface area contributed by atoms with E-state index in [-0.39, 0.29) is 5.56 Å². The maximum absolute atomic E-state index is 13.1. The molecule has 4 rings (SSSR count). The number of rotatable bonds is 4. The third kappa shape index (κ3) is 2.79. The quantitative estimate of drug-likeness (QED) is 0.530. The third-order valence-corrected chi connectivity index (χ3v) is 5.85. The van der Waals surface area contributed by atoms with Crippen molar-refractivity contribution in [3.8, 4) is 17.2 Å². The third-order valence-electron chi connectivity index (χ3n) is 4.88. The lowest BCUT2D eigenvalue weighted by Crippen LogP contribution is -2.22. The molecule has 0 atom stereocenters. The fraction of sp³-hybridized carbons (Fsp3) is 0.238. The van der Waals surface area contributed by atoms with Gasteiger partial charge in [0.25, 0.3) is 5.56 Å². The van der Waals surface area contributed by atoms with Gasteiger partial charge in [0.05, 0.1) is 36.9 Å². The molecule has 0 unspecified atom stereocenters. The van der Waals surface area contributed by atoms with Crippen molar-refractivity contribution in [1.82, 2.24) is 9.38 Å². The van der Waals surface area contributed by atoms with Crippen molar-refractivity contribution < 1.29 is 14.2 Å². The van der Waals surface area contributed by atoms with Crippen molar-refractivity contribution in [3.63, 3.8) is 0 Å². The highest BCUT2D eigenvalue weighted by Gasteiger charge is 2.14. The lowest BCUT2D eigenvalue weighted by molar-refractivity contribution is 0.348. The number of nitrogens with zero attached hydrogens (tertiary/aromatic N) is 2. The molecule has 6 nitrogen and oxygen atoms in total. The highest BCUT2D eigenvalue weighted by molar-refractivity contribution is 7.15. The van der Waals surface area contributed by atoms with Crippen LogP contribution < -0.4 is 24.3 Å². The molecule has 144 valence electrons. The van der Waals surface area contributed by atoms with Gasteiger partial charge in [-0.15, -0.1) is 0 Å². The first-order chi connectivity index (χ1) is 13.5. The van der Waals surface area contributed by atoms with E-state index < -0.39 is 0 Å². The molecule has 0 saturated heterocycles. The largest absolute Gasteiger partial charge is 0.496 e. The van der Waals surface area contributed by atoms with Gasteiger partial charge >= 0.3 is 0 Å². The molecular formula is C21H20N2O4S. The Morgan fingerprint density at radius 3 is 2.25 bits per heavy atom. The highest BCUT2D eigenvalue weighted by atomic mass is 32.1. The molecule has 2 heterocycles. The Balaban J connectivity index is 1.97. The van der Waals surface area contributed by atoms with Crippen molar-refractivity contribution in [3.05, 3.63) is 55.8 Å². The summed E-state index contributed by atoms with van der Waals surface area (Å²) in [7, 11) is 4.72. The Kier molecular flexibility index (Phi) is 4.47. The maximum Gasteiger partial charge on any atom is 0.274 e. The summed E-state index contributed by atoms with van der Waals surface area (Å²) in [6.45, 7) is 4.08. The summed E-state index contributed by atoms with van der Waals surface area (Å²) in [5.74, 6) is 1.73. The topological polar surface area (TPSA) is 62.1 Å². The SMILES string of the molecule is COc1cc(OC)c(OC)cc1/C=c1\sc2nc3cc(C)c(C)cc3n2c1=O. The fourth-order valence-corrected chi connectivity index (χ4v) is 4.20. The predicted octanol–water partition coefficient (Wildman–Crippen LogP) is 3.10. The molecule has 2 aromatic heterocycles. The van der Waals surface area contributed by atoms with E-state index in [0.717, 1.165) is 27.7 Å². The number of aryl methyl sites for hydroxylation is 2. The summed E-state index contributed by atoms with van der Waals surface area (Å²) in [6.07, 6.45) is 1.80. The molecule has 0 bridgehead atoms. The van der Waals surface area contributed by atoms with Crippen LogP contribution in [0.15, 0.2) is 29.1 Å². The minimum atomic E-state index is -0.0948. The second-order valence-electron chi connectivity index (χ2n) is 6.52. The normalized spacial score (nSPS) is 12.1. The van der Waals surface area contributed by atoms with Crippen LogP contribution in [0.3, 0.4) is 0 Å². The molecule has 0 aliphatic rings. The fourth-order valence-electron chi connectivity index (χ4n) is 3.23. The summed E-state index contributed by atoms with van der Waals surface area (Å²) in [4.78, 5) is 18.4. The molecule has 7 heteroatoms. The molecule has 0 spiro atoms. The second kappa shape index (κ2) is 6.83. The molecule has 0 saturated carbocycles. The van der Waals surface area contributed by atoms with E-state index in [9.17, 15) is 4.79 Å².